The fourth-order valence-corrected chi connectivity index (χ4v) is 2.73. The summed E-state index contributed by atoms with van der Waals surface area (Å²) in [6.07, 6.45) is 3.59. The average Bonchev–Trinajstić information content (AvgIpc) is 2.63. The van der Waals surface area contributed by atoms with Crippen LogP contribution in [0.2, 0.25) is 0 Å². The summed E-state index contributed by atoms with van der Waals surface area (Å²) in [7, 11) is 0. The van der Waals surface area contributed by atoms with Crippen LogP contribution in [0.3, 0.4) is 0 Å². The molecule has 0 amide bonds. The lowest BCUT2D eigenvalue weighted by molar-refractivity contribution is 0.414. The molecule has 3 heteroatoms. The monoisotopic (exact) mass is 318 g/mol. The van der Waals surface area contributed by atoms with Crippen molar-refractivity contribution in [3.63, 3.8) is 0 Å². The summed E-state index contributed by atoms with van der Waals surface area (Å²) in [4.78, 5) is 7.23. The van der Waals surface area contributed by atoms with E-state index in [-0.39, 0.29) is 0 Å². The lowest BCUT2D eigenvalue weighted by Crippen LogP contribution is -2.29. The van der Waals surface area contributed by atoms with Crippen molar-refractivity contribution < 1.29 is 0 Å². The van der Waals surface area contributed by atoms with E-state index in [4.69, 9.17) is 12.2 Å². The largest absolute Gasteiger partial charge is 0.354 e. The maximum absolute atomic E-state index is 5.73. The second-order valence-electron chi connectivity index (χ2n) is 5.37. The fourth-order valence-electron chi connectivity index (χ4n) is 2.48. The molecular formula is C20H18N2S. The van der Waals surface area contributed by atoms with Crippen molar-refractivity contribution in [2.24, 2.45) is 0 Å². The van der Waals surface area contributed by atoms with E-state index in [1.54, 1.807) is 6.20 Å². The van der Waals surface area contributed by atoms with E-state index in [2.05, 4.69) is 58.4 Å². The number of rotatable bonds is 5. The molecule has 0 aliphatic carbocycles. The Morgan fingerprint density at radius 2 is 1.35 bits per heavy atom. The molecule has 0 saturated heterocycles. The predicted molar refractivity (Wildman–Crippen MR) is 98.1 cm³/mol. The van der Waals surface area contributed by atoms with E-state index in [1.807, 2.05) is 30.5 Å². The van der Waals surface area contributed by atoms with Gasteiger partial charge in [-0.2, -0.15) is 0 Å². The first kappa shape index (κ1) is 15.4. The molecule has 0 aliphatic heterocycles. The van der Waals surface area contributed by atoms with Crippen LogP contribution in [0.4, 0.5) is 0 Å². The Kier molecular flexibility index (Phi) is 5.12. The zero-order chi connectivity index (χ0) is 15.9. The molecule has 0 saturated carbocycles. The molecule has 2 aromatic carbocycles. The Morgan fingerprint density at radius 1 is 0.783 bits per heavy atom. The Bertz CT molecular complexity index is 701. The first-order valence-corrected chi connectivity index (χ1v) is 8.01. The van der Waals surface area contributed by atoms with Crippen molar-refractivity contribution in [1.29, 1.82) is 0 Å². The van der Waals surface area contributed by atoms with E-state index in [0.29, 0.717) is 0 Å². The summed E-state index contributed by atoms with van der Waals surface area (Å²) in [6.45, 7) is 1.56. The molecular weight excluding hydrogens is 300 g/mol. The summed E-state index contributed by atoms with van der Waals surface area (Å²) in [5, 5.41) is 0. The SMILES string of the molecule is S=C(c1cccnc1)N(Cc1ccccc1)Cc1ccccc1. The third-order valence-electron chi connectivity index (χ3n) is 3.63. The Morgan fingerprint density at radius 3 is 1.83 bits per heavy atom. The van der Waals surface area contributed by atoms with Crippen molar-refractivity contribution in [3.8, 4) is 0 Å². The number of hydrogen-bond acceptors (Lipinski definition) is 2. The van der Waals surface area contributed by atoms with Crippen LogP contribution in [0.15, 0.2) is 85.2 Å². The van der Waals surface area contributed by atoms with Gasteiger partial charge in [-0.3, -0.25) is 4.98 Å². The van der Waals surface area contributed by atoms with E-state index in [0.717, 1.165) is 23.6 Å². The maximum Gasteiger partial charge on any atom is 0.111 e. The van der Waals surface area contributed by atoms with Crippen LogP contribution < -0.4 is 0 Å². The van der Waals surface area contributed by atoms with Crippen molar-refractivity contribution in [1.82, 2.24) is 9.88 Å². The topological polar surface area (TPSA) is 16.1 Å². The van der Waals surface area contributed by atoms with Crippen molar-refractivity contribution in [2.75, 3.05) is 0 Å². The van der Waals surface area contributed by atoms with Crippen molar-refractivity contribution in [3.05, 3.63) is 102 Å². The van der Waals surface area contributed by atoms with Gasteiger partial charge in [0.05, 0.1) is 0 Å². The molecule has 0 radical (unpaired) electrons. The maximum atomic E-state index is 5.73. The lowest BCUT2D eigenvalue weighted by atomic mass is 10.1. The first-order valence-electron chi connectivity index (χ1n) is 7.60. The van der Waals surface area contributed by atoms with Crippen molar-refractivity contribution >= 4 is 17.2 Å². The van der Waals surface area contributed by atoms with Gasteiger partial charge in [-0.25, -0.2) is 0 Å². The summed E-state index contributed by atoms with van der Waals surface area (Å²) in [5.41, 5.74) is 3.47. The van der Waals surface area contributed by atoms with Crippen LogP contribution in [-0.4, -0.2) is 14.9 Å². The minimum Gasteiger partial charge on any atom is -0.354 e. The number of aromatic nitrogens is 1. The summed E-state index contributed by atoms with van der Waals surface area (Å²) in [5.74, 6) is 0. The van der Waals surface area contributed by atoms with Crippen LogP contribution in [-0.2, 0) is 13.1 Å². The van der Waals surface area contributed by atoms with Gasteiger partial charge >= 0.3 is 0 Å². The molecule has 0 spiro atoms. The molecule has 1 aromatic heterocycles. The third kappa shape index (κ3) is 4.24. The normalized spacial score (nSPS) is 10.3. The molecule has 3 aromatic rings. The van der Waals surface area contributed by atoms with Gasteiger partial charge in [-0.05, 0) is 23.3 Å². The molecule has 23 heavy (non-hydrogen) atoms. The Labute approximate surface area is 142 Å². The highest BCUT2D eigenvalue weighted by molar-refractivity contribution is 7.80. The predicted octanol–water partition coefficient (Wildman–Crippen LogP) is 4.46. The van der Waals surface area contributed by atoms with Crippen LogP contribution >= 0.6 is 12.2 Å². The molecule has 2 nitrogen and oxygen atoms in total. The quantitative estimate of drug-likeness (QED) is 0.646. The number of benzene rings is 2. The summed E-state index contributed by atoms with van der Waals surface area (Å²) >= 11 is 5.73. The smallest absolute Gasteiger partial charge is 0.111 e. The summed E-state index contributed by atoms with van der Waals surface area (Å²) in [6, 6.07) is 24.7. The van der Waals surface area contributed by atoms with E-state index >= 15 is 0 Å². The number of pyridine rings is 1. The summed E-state index contributed by atoms with van der Waals surface area (Å²) < 4.78 is 0. The lowest BCUT2D eigenvalue weighted by Gasteiger charge is -2.25. The molecule has 0 aliphatic rings. The molecule has 1 heterocycles. The zero-order valence-electron chi connectivity index (χ0n) is 12.8. The van der Waals surface area contributed by atoms with Gasteiger partial charge in [0.1, 0.15) is 4.99 Å². The van der Waals surface area contributed by atoms with Crippen LogP contribution in [0.5, 0.6) is 0 Å². The highest BCUT2D eigenvalue weighted by Crippen LogP contribution is 2.14. The van der Waals surface area contributed by atoms with E-state index in [9.17, 15) is 0 Å². The zero-order valence-corrected chi connectivity index (χ0v) is 13.6. The molecule has 114 valence electrons. The van der Waals surface area contributed by atoms with Crippen molar-refractivity contribution in [2.45, 2.75) is 13.1 Å². The standard InChI is InChI=1S/C20H18N2S/c23-20(19-12-7-13-21-14-19)22(15-17-8-3-1-4-9-17)16-18-10-5-2-6-11-18/h1-14H,15-16H2. The second-order valence-corrected chi connectivity index (χ2v) is 5.76. The molecule has 0 bridgehead atoms. The first-order chi connectivity index (χ1) is 11.3. The molecule has 3 rings (SSSR count). The highest BCUT2D eigenvalue weighted by atomic mass is 32.1. The van der Waals surface area contributed by atoms with Crippen LogP contribution in [0.25, 0.3) is 0 Å². The van der Waals surface area contributed by atoms with Gasteiger partial charge in [-0.1, -0.05) is 72.9 Å². The number of nitrogens with zero attached hydrogens (tertiary/aromatic N) is 2. The average molecular weight is 318 g/mol. The van der Waals surface area contributed by atoms with Gasteiger partial charge in [0.25, 0.3) is 0 Å². The molecule has 0 N–H and O–H groups in total. The molecule has 0 atom stereocenters. The minimum absolute atomic E-state index is 0.781. The van der Waals surface area contributed by atoms with Gasteiger partial charge in [0.15, 0.2) is 0 Å². The van der Waals surface area contributed by atoms with Crippen LogP contribution in [0.1, 0.15) is 16.7 Å². The van der Waals surface area contributed by atoms with E-state index < -0.39 is 0 Å². The van der Waals surface area contributed by atoms with Crippen LogP contribution in [0, 0.1) is 0 Å². The highest BCUT2D eigenvalue weighted by Gasteiger charge is 2.13. The minimum atomic E-state index is 0.781. The van der Waals surface area contributed by atoms with Gasteiger partial charge in [-0.15, -0.1) is 0 Å². The Hall–Kier alpha value is -2.52. The van der Waals surface area contributed by atoms with Gasteiger partial charge in [0, 0.05) is 31.0 Å². The molecule has 0 fully saturated rings. The Balaban J connectivity index is 1.85. The second kappa shape index (κ2) is 7.65. The number of hydrogen-bond donors (Lipinski definition) is 0. The fraction of sp³-hybridized carbons (Fsp3) is 0.100. The van der Waals surface area contributed by atoms with E-state index in [1.165, 1.54) is 11.1 Å². The van der Waals surface area contributed by atoms with Gasteiger partial charge < -0.3 is 4.90 Å². The van der Waals surface area contributed by atoms with Gasteiger partial charge in [0.2, 0.25) is 0 Å². The number of thiocarbonyl (C=S) groups is 1. The molecule has 0 unspecified atom stereocenters. The third-order valence-corrected chi connectivity index (χ3v) is 4.12.